The predicted octanol–water partition coefficient (Wildman–Crippen LogP) is 5.95. The van der Waals surface area contributed by atoms with Crippen molar-refractivity contribution in [1.29, 1.82) is 0 Å². The summed E-state index contributed by atoms with van der Waals surface area (Å²) < 4.78 is 49.5. The normalized spacial score (nSPS) is 17.0. The first-order chi connectivity index (χ1) is 24.8. The molecular formula is C37H35ClF3N7O4. The highest BCUT2D eigenvalue weighted by Crippen LogP contribution is 2.43. The van der Waals surface area contributed by atoms with E-state index in [4.69, 9.17) is 21.3 Å². The first-order valence-corrected chi connectivity index (χ1v) is 17.1. The van der Waals surface area contributed by atoms with E-state index in [1.54, 1.807) is 26.2 Å². The van der Waals surface area contributed by atoms with E-state index in [1.807, 2.05) is 30.3 Å². The van der Waals surface area contributed by atoms with Crippen LogP contribution in [-0.2, 0) is 31.5 Å². The third-order valence-electron chi connectivity index (χ3n) is 9.94. The highest BCUT2D eigenvalue weighted by molar-refractivity contribution is 6.36. The Balaban J connectivity index is 1.25. The van der Waals surface area contributed by atoms with Gasteiger partial charge in [-0.2, -0.15) is 13.2 Å². The molecule has 1 amide bonds. The van der Waals surface area contributed by atoms with Crippen LogP contribution in [0.4, 0.5) is 24.7 Å². The Morgan fingerprint density at radius 2 is 1.71 bits per heavy atom. The average Bonchev–Trinajstić information content (AvgIpc) is 3.74. The van der Waals surface area contributed by atoms with Crippen molar-refractivity contribution >= 4 is 39.9 Å². The van der Waals surface area contributed by atoms with Crippen molar-refractivity contribution in [2.45, 2.75) is 50.9 Å². The molecule has 11 nitrogen and oxygen atoms in total. The number of methoxy groups -OCH3 is 1. The molecule has 15 heteroatoms. The number of alkyl halides is 3. The summed E-state index contributed by atoms with van der Waals surface area (Å²) in [6.07, 6.45) is -1.85. The van der Waals surface area contributed by atoms with Crippen LogP contribution in [0.2, 0.25) is 5.02 Å². The summed E-state index contributed by atoms with van der Waals surface area (Å²) in [5.74, 6) is 0.227. The van der Waals surface area contributed by atoms with Crippen molar-refractivity contribution in [2.24, 2.45) is 14.1 Å². The quantitative estimate of drug-likeness (QED) is 0.178. The van der Waals surface area contributed by atoms with Gasteiger partial charge in [0.15, 0.2) is 0 Å². The van der Waals surface area contributed by atoms with Crippen LogP contribution in [-0.4, -0.2) is 44.7 Å². The minimum absolute atomic E-state index is 0.0252. The number of aryl methyl sites for hydroxylation is 2. The monoisotopic (exact) mass is 733 g/mol. The van der Waals surface area contributed by atoms with Gasteiger partial charge in [-0.1, -0.05) is 41.9 Å². The zero-order valence-electron chi connectivity index (χ0n) is 28.7. The topological polar surface area (TPSA) is 132 Å². The summed E-state index contributed by atoms with van der Waals surface area (Å²) >= 11 is 7.13. The number of benzene rings is 2. The van der Waals surface area contributed by atoms with Crippen LogP contribution in [0, 0.1) is 6.92 Å². The molecule has 1 aliphatic carbocycles. The number of ether oxygens (including phenoxy) is 1. The molecule has 2 atom stereocenters. The number of aromatic nitrogens is 4. The number of pyridine rings is 2. The Hall–Kier alpha value is -5.21. The maximum Gasteiger partial charge on any atom is 0.433 e. The molecule has 270 valence electrons. The Morgan fingerprint density at radius 1 is 0.981 bits per heavy atom. The number of carbonyl (C=O) groups excluding carboxylic acids is 1. The van der Waals surface area contributed by atoms with Crippen molar-refractivity contribution in [3.8, 4) is 28.3 Å². The van der Waals surface area contributed by atoms with Gasteiger partial charge in [0.05, 0.1) is 23.3 Å². The van der Waals surface area contributed by atoms with Gasteiger partial charge in [-0.05, 0) is 61.1 Å². The second-order valence-corrected chi connectivity index (χ2v) is 13.5. The molecule has 0 radical (unpaired) electrons. The Morgan fingerprint density at radius 3 is 2.42 bits per heavy atom. The van der Waals surface area contributed by atoms with E-state index in [0.29, 0.717) is 63.6 Å². The zero-order chi connectivity index (χ0) is 37.1. The summed E-state index contributed by atoms with van der Waals surface area (Å²) in [6.45, 7) is 2.43. The fourth-order valence-electron chi connectivity index (χ4n) is 7.17. The van der Waals surface area contributed by atoms with Gasteiger partial charge in [-0.25, -0.2) is 14.8 Å². The highest BCUT2D eigenvalue weighted by Gasteiger charge is 2.35. The van der Waals surface area contributed by atoms with Crippen molar-refractivity contribution in [3.05, 3.63) is 96.8 Å². The van der Waals surface area contributed by atoms with Gasteiger partial charge in [-0.3, -0.25) is 18.7 Å². The summed E-state index contributed by atoms with van der Waals surface area (Å²) in [4.78, 5) is 46.2. The molecule has 52 heavy (non-hydrogen) atoms. The van der Waals surface area contributed by atoms with E-state index in [1.165, 1.54) is 14.1 Å². The Kier molecular flexibility index (Phi) is 9.07. The lowest BCUT2D eigenvalue weighted by molar-refractivity contribution is -0.141. The predicted molar refractivity (Wildman–Crippen MR) is 192 cm³/mol. The van der Waals surface area contributed by atoms with E-state index in [-0.39, 0.29) is 34.7 Å². The van der Waals surface area contributed by atoms with Crippen LogP contribution < -0.4 is 31.9 Å². The Labute approximate surface area is 300 Å². The Bertz CT molecular complexity index is 2390. The van der Waals surface area contributed by atoms with Crippen molar-refractivity contribution in [2.75, 3.05) is 19.0 Å². The van der Waals surface area contributed by atoms with Gasteiger partial charge in [0.2, 0.25) is 11.8 Å². The van der Waals surface area contributed by atoms with E-state index in [2.05, 4.69) is 20.9 Å². The maximum atomic E-state index is 14.0. The van der Waals surface area contributed by atoms with Crippen LogP contribution in [0.1, 0.15) is 47.7 Å². The summed E-state index contributed by atoms with van der Waals surface area (Å²) in [5, 5.41) is 9.77. The molecule has 3 aromatic heterocycles. The number of hydrogen-bond donors (Lipinski definition) is 3. The van der Waals surface area contributed by atoms with Crippen LogP contribution >= 0.6 is 11.6 Å². The smallest absolute Gasteiger partial charge is 0.433 e. The second kappa shape index (κ2) is 13.4. The summed E-state index contributed by atoms with van der Waals surface area (Å²) in [5.41, 5.74) is 2.71. The maximum absolute atomic E-state index is 14.0. The first-order valence-electron chi connectivity index (χ1n) is 16.7. The number of carbonyl (C=O) groups is 1. The van der Waals surface area contributed by atoms with E-state index >= 15 is 0 Å². The van der Waals surface area contributed by atoms with Crippen LogP contribution in [0.5, 0.6) is 5.88 Å². The third-order valence-corrected chi connectivity index (χ3v) is 10.4. The lowest BCUT2D eigenvalue weighted by atomic mass is 9.96. The molecule has 5 aromatic rings. The molecule has 1 aliphatic heterocycles. The molecule has 2 aliphatic rings. The van der Waals surface area contributed by atoms with Gasteiger partial charge < -0.3 is 20.7 Å². The fraction of sp³-hybridized carbons (Fsp3) is 0.324. The number of nitrogens with one attached hydrogen (secondary N) is 3. The van der Waals surface area contributed by atoms with Gasteiger partial charge in [0.25, 0.3) is 5.56 Å². The van der Waals surface area contributed by atoms with E-state index in [9.17, 15) is 27.6 Å². The molecular weight excluding hydrogens is 699 g/mol. The molecule has 1 saturated heterocycles. The summed E-state index contributed by atoms with van der Waals surface area (Å²) in [7, 11) is 4.14. The average molecular weight is 734 g/mol. The van der Waals surface area contributed by atoms with Crippen LogP contribution in [0.15, 0.2) is 58.1 Å². The summed E-state index contributed by atoms with van der Waals surface area (Å²) in [6, 6.07) is 13.6. The van der Waals surface area contributed by atoms with E-state index in [0.717, 1.165) is 39.5 Å². The number of nitrogens with zero attached hydrogens (tertiary/aromatic N) is 4. The molecule has 7 rings (SSSR count). The third kappa shape index (κ3) is 6.19. The van der Waals surface area contributed by atoms with Crippen LogP contribution in [0.3, 0.4) is 0 Å². The number of amides is 1. The molecule has 0 spiro atoms. The lowest BCUT2D eigenvalue weighted by Crippen LogP contribution is -2.37. The number of hydrogen-bond acceptors (Lipinski definition) is 8. The molecule has 2 aromatic carbocycles. The highest BCUT2D eigenvalue weighted by atomic mass is 35.5. The van der Waals surface area contributed by atoms with Gasteiger partial charge in [-0.15, -0.1) is 0 Å². The number of halogens is 4. The second-order valence-electron chi connectivity index (χ2n) is 13.1. The molecule has 0 bridgehead atoms. The molecule has 1 unspecified atom stereocenters. The van der Waals surface area contributed by atoms with Crippen molar-refractivity contribution in [1.82, 2.24) is 29.7 Å². The minimum atomic E-state index is -4.84. The van der Waals surface area contributed by atoms with Gasteiger partial charge in [0.1, 0.15) is 16.9 Å². The molecule has 1 fully saturated rings. The SMILES string of the molecule is COc1nc(-c2cccc(-c3cccc(Nc4nc(C(F)(F)F)cc5c4c(=O)n(C)c(=O)n5C)c3C)c2Cl)cc2c1C(NC[C@H]1CCC(=O)N1)CC2. The van der Waals surface area contributed by atoms with Crippen molar-refractivity contribution < 1.29 is 22.7 Å². The first kappa shape index (κ1) is 35.2. The largest absolute Gasteiger partial charge is 0.481 e. The fourth-order valence-corrected chi connectivity index (χ4v) is 7.50. The van der Waals surface area contributed by atoms with Gasteiger partial charge >= 0.3 is 11.9 Å². The lowest BCUT2D eigenvalue weighted by Gasteiger charge is -2.20. The van der Waals surface area contributed by atoms with Crippen molar-refractivity contribution in [3.63, 3.8) is 0 Å². The molecule has 0 saturated carbocycles. The minimum Gasteiger partial charge on any atom is -0.481 e. The molecule has 3 N–H and O–H groups in total. The van der Waals surface area contributed by atoms with E-state index < -0.39 is 23.1 Å². The number of rotatable bonds is 8. The van der Waals surface area contributed by atoms with Crippen LogP contribution in [0.25, 0.3) is 33.3 Å². The standard InChI is InChI=1S/C37H35ClF3N7O4/c1-18-21(7-6-10-24(18)44-33-31-27(16-28(46-33)37(39,40)41)47(2)36(51)48(3)35(31)50)22-8-5-9-23(32(22)38)26-15-19-11-13-25(30(19)34(45-26)52-4)42-17-20-12-14-29(49)43-20/h5-10,15-16,20,25,42H,11-14,17H2,1-4H3,(H,43,49)(H,44,46)/t20-,25?/m1/s1. The zero-order valence-corrected chi connectivity index (χ0v) is 29.5. The number of fused-ring (bicyclic) bond motifs is 2. The molecule has 4 heterocycles. The number of anilines is 2. The van der Waals surface area contributed by atoms with Gasteiger partial charge in [0, 0.05) is 61.5 Å².